The van der Waals surface area contributed by atoms with Crippen LogP contribution >= 0.6 is 0 Å². The lowest BCUT2D eigenvalue weighted by Gasteiger charge is -2.34. The maximum atomic E-state index is 12.5. The molecule has 0 atom stereocenters. The molecule has 1 aliphatic rings. The van der Waals surface area contributed by atoms with Gasteiger partial charge in [0.05, 0.1) is 11.8 Å². The SMILES string of the molecule is Cc1noc(C(C)C)c1C(=O)N(C)CC1CC(O)C1. The van der Waals surface area contributed by atoms with Crippen LogP contribution in [0.5, 0.6) is 0 Å². The summed E-state index contributed by atoms with van der Waals surface area (Å²) in [4.78, 5) is 14.2. The Morgan fingerprint density at radius 2 is 2.16 bits per heavy atom. The third kappa shape index (κ3) is 2.81. The van der Waals surface area contributed by atoms with Crippen LogP contribution < -0.4 is 0 Å². The molecule has 0 aromatic carbocycles. The Balaban J connectivity index is 2.08. The van der Waals surface area contributed by atoms with Crippen LogP contribution in [0.15, 0.2) is 4.52 Å². The molecular formula is C14H22N2O3. The van der Waals surface area contributed by atoms with Crippen LogP contribution in [0.4, 0.5) is 0 Å². The molecule has 1 aromatic rings. The molecule has 106 valence electrons. The molecule has 1 fully saturated rings. The largest absolute Gasteiger partial charge is 0.393 e. The zero-order valence-electron chi connectivity index (χ0n) is 12.0. The van der Waals surface area contributed by atoms with E-state index in [1.165, 1.54) is 0 Å². The fourth-order valence-electron chi connectivity index (χ4n) is 2.55. The number of hydrogen-bond acceptors (Lipinski definition) is 4. The molecule has 1 saturated carbocycles. The molecule has 0 spiro atoms. The van der Waals surface area contributed by atoms with Crippen molar-refractivity contribution in [2.24, 2.45) is 5.92 Å². The van der Waals surface area contributed by atoms with Gasteiger partial charge in [0.2, 0.25) is 0 Å². The Kier molecular flexibility index (Phi) is 3.94. The summed E-state index contributed by atoms with van der Waals surface area (Å²) in [5.41, 5.74) is 1.24. The van der Waals surface area contributed by atoms with Gasteiger partial charge in [-0.2, -0.15) is 0 Å². The van der Waals surface area contributed by atoms with E-state index < -0.39 is 0 Å². The number of aromatic nitrogens is 1. The number of amides is 1. The smallest absolute Gasteiger partial charge is 0.259 e. The first-order valence-electron chi connectivity index (χ1n) is 6.79. The van der Waals surface area contributed by atoms with E-state index in [0.717, 1.165) is 12.8 Å². The lowest BCUT2D eigenvalue weighted by Crippen LogP contribution is -2.39. The molecule has 2 rings (SSSR count). The molecule has 1 heterocycles. The molecule has 1 amide bonds. The van der Waals surface area contributed by atoms with Crippen LogP contribution in [-0.4, -0.2) is 40.8 Å². The minimum atomic E-state index is -0.183. The van der Waals surface area contributed by atoms with Gasteiger partial charge in [0.25, 0.3) is 5.91 Å². The first kappa shape index (κ1) is 14.1. The fourth-order valence-corrected chi connectivity index (χ4v) is 2.55. The third-order valence-corrected chi connectivity index (χ3v) is 3.72. The van der Waals surface area contributed by atoms with E-state index in [1.807, 2.05) is 13.8 Å². The van der Waals surface area contributed by atoms with Crippen molar-refractivity contribution in [3.8, 4) is 0 Å². The van der Waals surface area contributed by atoms with Gasteiger partial charge in [-0.3, -0.25) is 4.79 Å². The lowest BCUT2D eigenvalue weighted by molar-refractivity contribution is 0.0264. The predicted octanol–water partition coefficient (Wildman–Crippen LogP) is 1.95. The van der Waals surface area contributed by atoms with E-state index in [1.54, 1.807) is 18.9 Å². The second-order valence-electron chi connectivity index (χ2n) is 5.84. The summed E-state index contributed by atoms with van der Waals surface area (Å²) >= 11 is 0. The van der Waals surface area contributed by atoms with Gasteiger partial charge in [-0.05, 0) is 25.7 Å². The molecule has 1 aliphatic carbocycles. The van der Waals surface area contributed by atoms with Gasteiger partial charge in [-0.1, -0.05) is 19.0 Å². The topological polar surface area (TPSA) is 66.6 Å². The Bertz CT molecular complexity index is 461. The Morgan fingerprint density at radius 3 is 2.68 bits per heavy atom. The van der Waals surface area contributed by atoms with Crippen molar-refractivity contribution in [2.45, 2.75) is 45.6 Å². The van der Waals surface area contributed by atoms with Crippen molar-refractivity contribution < 1.29 is 14.4 Å². The van der Waals surface area contributed by atoms with Crippen LogP contribution in [0.2, 0.25) is 0 Å². The first-order chi connectivity index (χ1) is 8.90. The van der Waals surface area contributed by atoms with Crippen molar-refractivity contribution in [1.82, 2.24) is 10.1 Å². The monoisotopic (exact) mass is 266 g/mol. The predicted molar refractivity (Wildman–Crippen MR) is 71.0 cm³/mol. The van der Waals surface area contributed by atoms with E-state index in [2.05, 4.69) is 5.16 Å². The summed E-state index contributed by atoms with van der Waals surface area (Å²) in [6, 6.07) is 0. The van der Waals surface area contributed by atoms with Crippen molar-refractivity contribution in [1.29, 1.82) is 0 Å². The number of rotatable bonds is 4. The van der Waals surface area contributed by atoms with Gasteiger partial charge < -0.3 is 14.5 Å². The average Bonchev–Trinajstić information content (AvgIpc) is 2.68. The number of aliphatic hydroxyl groups is 1. The van der Waals surface area contributed by atoms with Crippen LogP contribution in [0.1, 0.15) is 54.4 Å². The second kappa shape index (κ2) is 5.33. The Hall–Kier alpha value is -1.36. The van der Waals surface area contributed by atoms with Crippen LogP contribution in [0, 0.1) is 12.8 Å². The molecule has 0 radical (unpaired) electrons. The number of aliphatic hydroxyl groups excluding tert-OH is 1. The quantitative estimate of drug-likeness (QED) is 0.904. The molecule has 0 aliphatic heterocycles. The molecule has 19 heavy (non-hydrogen) atoms. The van der Waals surface area contributed by atoms with Gasteiger partial charge in [0, 0.05) is 19.5 Å². The van der Waals surface area contributed by atoms with E-state index in [-0.39, 0.29) is 17.9 Å². The number of hydrogen-bond donors (Lipinski definition) is 1. The molecule has 0 bridgehead atoms. The van der Waals surface area contributed by atoms with Crippen LogP contribution in [-0.2, 0) is 0 Å². The van der Waals surface area contributed by atoms with Crippen LogP contribution in [0.3, 0.4) is 0 Å². The third-order valence-electron chi connectivity index (χ3n) is 3.72. The van der Waals surface area contributed by atoms with Gasteiger partial charge in [-0.25, -0.2) is 0 Å². The summed E-state index contributed by atoms with van der Waals surface area (Å²) in [6.45, 7) is 6.44. The maximum absolute atomic E-state index is 12.5. The summed E-state index contributed by atoms with van der Waals surface area (Å²) in [6.07, 6.45) is 1.39. The van der Waals surface area contributed by atoms with E-state index >= 15 is 0 Å². The van der Waals surface area contributed by atoms with Crippen LogP contribution in [0.25, 0.3) is 0 Å². The van der Waals surface area contributed by atoms with E-state index in [9.17, 15) is 9.90 Å². The highest BCUT2D eigenvalue weighted by atomic mass is 16.5. The molecule has 5 nitrogen and oxygen atoms in total. The fraction of sp³-hybridized carbons (Fsp3) is 0.714. The number of carbonyl (C=O) groups is 1. The maximum Gasteiger partial charge on any atom is 0.259 e. The average molecular weight is 266 g/mol. The van der Waals surface area contributed by atoms with Crippen molar-refractivity contribution in [3.63, 3.8) is 0 Å². The highest BCUT2D eigenvalue weighted by Gasteiger charge is 2.31. The molecule has 1 aromatic heterocycles. The zero-order chi connectivity index (χ0) is 14.2. The number of nitrogens with zero attached hydrogens (tertiary/aromatic N) is 2. The second-order valence-corrected chi connectivity index (χ2v) is 5.84. The molecular weight excluding hydrogens is 244 g/mol. The summed E-state index contributed by atoms with van der Waals surface area (Å²) < 4.78 is 5.25. The highest BCUT2D eigenvalue weighted by Crippen LogP contribution is 2.29. The molecule has 0 saturated heterocycles. The van der Waals surface area contributed by atoms with Crippen molar-refractivity contribution in [3.05, 3.63) is 17.0 Å². The number of carbonyl (C=O) groups excluding carboxylic acids is 1. The van der Waals surface area contributed by atoms with E-state index in [4.69, 9.17) is 4.52 Å². The van der Waals surface area contributed by atoms with E-state index in [0.29, 0.717) is 29.5 Å². The van der Waals surface area contributed by atoms with Crippen molar-refractivity contribution >= 4 is 5.91 Å². The summed E-state index contributed by atoms with van der Waals surface area (Å²) in [5.74, 6) is 1.16. The summed E-state index contributed by atoms with van der Waals surface area (Å²) in [7, 11) is 1.80. The number of aryl methyl sites for hydroxylation is 1. The van der Waals surface area contributed by atoms with Gasteiger partial charge >= 0.3 is 0 Å². The minimum absolute atomic E-state index is 0.0381. The Morgan fingerprint density at radius 1 is 1.53 bits per heavy atom. The highest BCUT2D eigenvalue weighted by molar-refractivity contribution is 5.96. The lowest BCUT2D eigenvalue weighted by atomic mass is 9.82. The zero-order valence-corrected chi connectivity index (χ0v) is 12.0. The van der Waals surface area contributed by atoms with Crippen molar-refractivity contribution in [2.75, 3.05) is 13.6 Å². The normalized spacial score (nSPS) is 22.4. The van der Waals surface area contributed by atoms with Gasteiger partial charge in [-0.15, -0.1) is 0 Å². The molecule has 1 N–H and O–H groups in total. The first-order valence-corrected chi connectivity index (χ1v) is 6.79. The standard InChI is InChI=1S/C14H22N2O3/c1-8(2)13-12(9(3)15-19-13)14(18)16(4)7-10-5-11(17)6-10/h8,10-11,17H,5-7H2,1-4H3. The minimum Gasteiger partial charge on any atom is -0.393 e. The Labute approximate surface area is 113 Å². The molecule has 0 unspecified atom stereocenters. The van der Waals surface area contributed by atoms with Gasteiger partial charge in [0.1, 0.15) is 5.56 Å². The summed E-state index contributed by atoms with van der Waals surface area (Å²) in [5, 5.41) is 13.2. The van der Waals surface area contributed by atoms with Gasteiger partial charge in [0.15, 0.2) is 5.76 Å². The molecule has 5 heteroatoms.